The largest absolute Gasteiger partial charge is 0.497 e. The van der Waals surface area contributed by atoms with Crippen LogP contribution in [-0.4, -0.2) is 41.8 Å². The molecule has 0 spiro atoms. The summed E-state index contributed by atoms with van der Waals surface area (Å²) in [6.07, 6.45) is 3.08. The Bertz CT molecular complexity index is 683. The number of aromatic nitrogens is 2. The highest BCUT2D eigenvalue weighted by Gasteiger charge is 2.13. The second-order valence-corrected chi connectivity index (χ2v) is 4.37. The van der Waals surface area contributed by atoms with Crippen LogP contribution in [0.3, 0.4) is 0 Å². The molecule has 0 fully saturated rings. The van der Waals surface area contributed by atoms with Crippen molar-refractivity contribution in [1.82, 2.24) is 14.7 Å². The molecule has 0 saturated heterocycles. The van der Waals surface area contributed by atoms with Crippen molar-refractivity contribution < 1.29 is 9.53 Å². The number of hydrogen-bond acceptors (Lipinski definition) is 4. The van der Waals surface area contributed by atoms with Gasteiger partial charge in [0.2, 0.25) is 0 Å². The van der Waals surface area contributed by atoms with Crippen LogP contribution in [0.2, 0.25) is 0 Å². The number of nitriles is 1. The average Bonchev–Trinajstić information content (AvgIpc) is 2.95. The molecule has 0 atom stereocenters. The standard InChI is InChI=1S/C14H14N4O2/c1-17(2)14(19)11-8-16-18(9-11)13-5-4-12(20-3)6-10(13)7-15/h4-6,8-9H,1-3H3. The Hall–Kier alpha value is -2.81. The lowest BCUT2D eigenvalue weighted by molar-refractivity contribution is 0.0827. The number of amides is 1. The summed E-state index contributed by atoms with van der Waals surface area (Å²) in [6, 6.07) is 7.20. The summed E-state index contributed by atoms with van der Waals surface area (Å²) in [6.45, 7) is 0. The fourth-order valence-electron chi connectivity index (χ4n) is 1.75. The third kappa shape index (κ3) is 2.47. The number of nitrogens with zero attached hydrogens (tertiary/aromatic N) is 4. The van der Waals surface area contributed by atoms with Crippen LogP contribution in [0.4, 0.5) is 0 Å². The predicted octanol–water partition coefficient (Wildman–Crippen LogP) is 1.45. The second-order valence-electron chi connectivity index (χ2n) is 4.37. The van der Waals surface area contributed by atoms with Crippen LogP contribution in [0.15, 0.2) is 30.6 Å². The van der Waals surface area contributed by atoms with Crippen LogP contribution >= 0.6 is 0 Å². The Balaban J connectivity index is 2.43. The molecule has 2 aromatic rings. The van der Waals surface area contributed by atoms with Crippen LogP contribution in [-0.2, 0) is 0 Å². The first-order valence-electron chi connectivity index (χ1n) is 5.91. The third-order valence-electron chi connectivity index (χ3n) is 2.81. The molecule has 6 nitrogen and oxygen atoms in total. The zero-order valence-corrected chi connectivity index (χ0v) is 11.5. The van der Waals surface area contributed by atoms with Crippen molar-refractivity contribution in [2.24, 2.45) is 0 Å². The minimum absolute atomic E-state index is 0.136. The highest BCUT2D eigenvalue weighted by Crippen LogP contribution is 2.20. The number of carbonyl (C=O) groups excluding carboxylic acids is 1. The number of methoxy groups -OCH3 is 1. The molecule has 0 aliphatic heterocycles. The van der Waals surface area contributed by atoms with Gasteiger partial charge in [-0.15, -0.1) is 0 Å². The number of rotatable bonds is 3. The van der Waals surface area contributed by atoms with Crippen LogP contribution in [0.5, 0.6) is 5.75 Å². The Kier molecular flexibility index (Phi) is 3.71. The van der Waals surface area contributed by atoms with Gasteiger partial charge in [-0.2, -0.15) is 10.4 Å². The third-order valence-corrected chi connectivity index (χ3v) is 2.81. The Morgan fingerprint density at radius 1 is 1.45 bits per heavy atom. The van der Waals surface area contributed by atoms with Crippen molar-refractivity contribution in [2.75, 3.05) is 21.2 Å². The van der Waals surface area contributed by atoms with Gasteiger partial charge in [0, 0.05) is 26.4 Å². The van der Waals surface area contributed by atoms with E-state index < -0.39 is 0 Å². The number of ether oxygens (including phenoxy) is 1. The van der Waals surface area contributed by atoms with E-state index in [9.17, 15) is 10.1 Å². The molecular formula is C14H14N4O2. The molecule has 0 unspecified atom stereocenters. The van der Waals surface area contributed by atoms with Gasteiger partial charge in [0.05, 0.1) is 30.1 Å². The van der Waals surface area contributed by atoms with E-state index in [-0.39, 0.29) is 5.91 Å². The fourth-order valence-corrected chi connectivity index (χ4v) is 1.75. The van der Waals surface area contributed by atoms with E-state index in [4.69, 9.17) is 4.74 Å². The molecule has 102 valence electrons. The smallest absolute Gasteiger partial charge is 0.256 e. The van der Waals surface area contributed by atoms with E-state index in [1.54, 1.807) is 38.5 Å². The predicted molar refractivity (Wildman–Crippen MR) is 72.8 cm³/mol. The molecule has 0 N–H and O–H groups in total. The van der Waals surface area contributed by atoms with Crippen molar-refractivity contribution in [3.8, 4) is 17.5 Å². The van der Waals surface area contributed by atoms with Gasteiger partial charge >= 0.3 is 0 Å². The molecule has 6 heteroatoms. The summed E-state index contributed by atoms with van der Waals surface area (Å²) in [5.74, 6) is 0.463. The summed E-state index contributed by atoms with van der Waals surface area (Å²) in [5, 5.41) is 13.3. The van der Waals surface area contributed by atoms with Gasteiger partial charge in [-0.05, 0) is 12.1 Å². The van der Waals surface area contributed by atoms with Gasteiger partial charge in [0.25, 0.3) is 5.91 Å². The minimum atomic E-state index is -0.136. The maximum Gasteiger partial charge on any atom is 0.256 e. The topological polar surface area (TPSA) is 71.2 Å². The van der Waals surface area contributed by atoms with Gasteiger partial charge in [0.1, 0.15) is 11.8 Å². The van der Waals surface area contributed by atoms with Crippen molar-refractivity contribution >= 4 is 5.91 Å². The van der Waals surface area contributed by atoms with E-state index in [1.807, 2.05) is 0 Å². The lowest BCUT2D eigenvalue weighted by Gasteiger charge is -2.08. The summed E-state index contributed by atoms with van der Waals surface area (Å²) in [7, 11) is 4.89. The van der Waals surface area contributed by atoms with Crippen LogP contribution in [0.25, 0.3) is 5.69 Å². The van der Waals surface area contributed by atoms with E-state index in [0.717, 1.165) is 0 Å². The molecule has 1 aromatic heterocycles. The lowest BCUT2D eigenvalue weighted by atomic mass is 10.2. The van der Waals surface area contributed by atoms with Crippen LogP contribution in [0, 0.1) is 11.3 Å². The summed E-state index contributed by atoms with van der Waals surface area (Å²) >= 11 is 0. The molecule has 1 heterocycles. The first kappa shape index (κ1) is 13.6. The maximum absolute atomic E-state index is 11.8. The molecule has 0 radical (unpaired) electrons. The molecule has 1 aromatic carbocycles. The zero-order valence-electron chi connectivity index (χ0n) is 11.5. The zero-order chi connectivity index (χ0) is 14.7. The molecule has 2 rings (SSSR count). The molecule has 20 heavy (non-hydrogen) atoms. The quantitative estimate of drug-likeness (QED) is 0.846. The van der Waals surface area contributed by atoms with Crippen LogP contribution in [0.1, 0.15) is 15.9 Å². The van der Waals surface area contributed by atoms with Gasteiger partial charge in [0.15, 0.2) is 0 Å². The number of hydrogen-bond donors (Lipinski definition) is 0. The van der Waals surface area contributed by atoms with Gasteiger partial charge < -0.3 is 9.64 Å². The van der Waals surface area contributed by atoms with Crippen molar-refractivity contribution in [3.63, 3.8) is 0 Å². The molecule has 0 bridgehead atoms. The monoisotopic (exact) mass is 270 g/mol. The Morgan fingerprint density at radius 2 is 2.20 bits per heavy atom. The van der Waals surface area contributed by atoms with E-state index in [2.05, 4.69) is 11.2 Å². The normalized spacial score (nSPS) is 9.90. The van der Waals surface area contributed by atoms with Gasteiger partial charge in [-0.1, -0.05) is 0 Å². The van der Waals surface area contributed by atoms with E-state index in [0.29, 0.717) is 22.6 Å². The SMILES string of the molecule is COc1ccc(-n2cc(C(=O)N(C)C)cn2)c(C#N)c1. The fraction of sp³-hybridized carbons (Fsp3) is 0.214. The van der Waals surface area contributed by atoms with Crippen molar-refractivity contribution in [2.45, 2.75) is 0 Å². The van der Waals surface area contributed by atoms with Gasteiger partial charge in [-0.3, -0.25) is 4.79 Å². The highest BCUT2D eigenvalue weighted by molar-refractivity contribution is 5.93. The molecule has 0 saturated carbocycles. The summed E-state index contributed by atoms with van der Waals surface area (Å²) in [5.41, 5.74) is 1.50. The maximum atomic E-state index is 11.8. The summed E-state index contributed by atoms with van der Waals surface area (Å²) < 4.78 is 6.59. The Morgan fingerprint density at radius 3 is 2.80 bits per heavy atom. The molecule has 1 amide bonds. The van der Waals surface area contributed by atoms with Crippen LogP contribution < -0.4 is 4.74 Å². The molecule has 0 aliphatic carbocycles. The lowest BCUT2D eigenvalue weighted by Crippen LogP contribution is -2.21. The first-order valence-corrected chi connectivity index (χ1v) is 5.91. The second kappa shape index (κ2) is 5.45. The minimum Gasteiger partial charge on any atom is -0.497 e. The van der Waals surface area contributed by atoms with Crippen molar-refractivity contribution in [1.29, 1.82) is 5.26 Å². The first-order chi connectivity index (χ1) is 9.56. The molecular weight excluding hydrogens is 256 g/mol. The summed E-state index contributed by atoms with van der Waals surface area (Å²) in [4.78, 5) is 13.3. The van der Waals surface area contributed by atoms with E-state index in [1.165, 1.54) is 22.9 Å². The van der Waals surface area contributed by atoms with Gasteiger partial charge in [-0.25, -0.2) is 4.68 Å². The number of benzene rings is 1. The van der Waals surface area contributed by atoms with E-state index >= 15 is 0 Å². The molecule has 0 aliphatic rings. The average molecular weight is 270 g/mol. The van der Waals surface area contributed by atoms with Crippen molar-refractivity contribution in [3.05, 3.63) is 41.7 Å². The Labute approximate surface area is 116 Å². The number of carbonyl (C=O) groups is 1. The highest BCUT2D eigenvalue weighted by atomic mass is 16.5.